The first-order chi connectivity index (χ1) is 38.2. The minimum atomic E-state index is -0.957. The van der Waals surface area contributed by atoms with Gasteiger partial charge in [0.15, 0.2) is 0 Å². The van der Waals surface area contributed by atoms with Gasteiger partial charge in [0.05, 0.1) is 38.3 Å². The molecule has 78 heavy (non-hydrogen) atoms. The highest BCUT2D eigenvalue weighted by Crippen LogP contribution is 2.61. The molecule has 0 atom stereocenters. The summed E-state index contributed by atoms with van der Waals surface area (Å²) in [5, 5.41) is 2.95. The number of benzene rings is 11. The summed E-state index contributed by atoms with van der Waals surface area (Å²) in [4.78, 5) is 32.9. The molecule has 5 heteroatoms. The van der Waals surface area contributed by atoms with Crippen LogP contribution in [0.1, 0.15) is 48.6 Å². The van der Waals surface area contributed by atoms with Gasteiger partial charge in [-0.1, -0.05) is 245 Å². The Hall–Kier alpha value is -9.84. The first-order valence-electron chi connectivity index (χ1n) is 26.8. The molecule has 5 nitrogen and oxygen atoms in total. The number of fused-ring (bicyclic) bond motifs is 13. The van der Waals surface area contributed by atoms with Gasteiger partial charge in [0.1, 0.15) is 0 Å². The fourth-order valence-electron chi connectivity index (χ4n) is 13.2. The third-order valence-corrected chi connectivity index (χ3v) is 16.6. The lowest BCUT2D eigenvalue weighted by atomic mass is 9.66. The first kappa shape index (κ1) is 45.5. The Kier molecular flexibility index (Phi) is 9.98. The van der Waals surface area contributed by atoms with Gasteiger partial charge in [-0.2, -0.15) is 4.52 Å². The van der Waals surface area contributed by atoms with Crippen LogP contribution in [0.4, 0.5) is 0 Å². The standard InChI is InChI=1S/C73H51N3O2/c1-72(2,3)52-39-41-56-60(43-52)73(50-30-16-7-17-31-50,51-32-18-8-19-33-51)68-64(56)58(47-26-12-5-13-27-47)44-62-66(68)70(77)76-71(78)67-63(75(62)76)45-59(48-28-14-6-15-29-48)65-57-40-38-49(42-61(57)74(69(65)67)53-34-20-9-21-35-53)55-37-23-22-36-54(55)46-24-10-4-11-25-46/h4-45H,1-3H3. The third kappa shape index (κ3) is 6.42. The molecule has 0 spiro atoms. The van der Waals surface area contributed by atoms with E-state index < -0.39 is 5.41 Å². The SMILES string of the molecule is CC(C)(C)c1ccc2c(c1)C(c1ccccc1)(c1ccccc1)c1c-2c(-c2ccccc2)cc2c1c(=O)n1c(=O)c3c4c(c(-c5ccccc5)cc3n21)c1ccc(-c2ccccc2-c2ccccc2)cc1n4-c1ccccc1. The predicted octanol–water partition coefficient (Wildman–Crippen LogP) is 16.9. The van der Waals surface area contributed by atoms with E-state index in [1.54, 1.807) is 0 Å². The maximum atomic E-state index is 16.5. The van der Waals surface area contributed by atoms with E-state index in [-0.39, 0.29) is 16.5 Å². The van der Waals surface area contributed by atoms with Crippen LogP contribution in [0.2, 0.25) is 0 Å². The molecule has 0 bridgehead atoms. The van der Waals surface area contributed by atoms with Crippen LogP contribution in [0.3, 0.4) is 0 Å². The monoisotopic (exact) mass is 1000 g/mol. The smallest absolute Gasteiger partial charge is 0.284 e. The van der Waals surface area contributed by atoms with Gasteiger partial charge < -0.3 is 4.57 Å². The second kappa shape index (κ2) is 17.1. The molecule has 1 aliphatic rings. The summed E-state index contributed by atoms with van der Waals surface area (Å²) in [6.45, 7) is 6.77. The van der Waals surface area contributed by atoms with E-state index in [2.05, 4.69) is 244 Å². The van der Waals surface area contributed by atoms with Gasteiger partial charge in [-0.05, 0) is 119 Å². The van der Waals surface area contributed by atoms with Crippen molar-refractivity contribution in [2.24, 2.45) is 0 Å². The molecular weight excluding hydrogens is 951 g/mol. The second-order valence-corrected chi connectivity index (χ2v) is 21.9. The largest absolute Gasteiger partial charge is 0.308 e. The molecule has 3 heterocycles. The summed E-state index contributed by atoms with van der Waals surface area (Å²) in [6, 6.07) is 89.7. The zero-order valence-electron chi connectivity index (χ0n) is 43.4. The van der Waals surface area contributed by atoms with E-state index in [4.69, 9.17) is 0 Å². The summed E-state index contributed by atoms with van der Waals surface area (Å²) < 4.78 is 5.65. The van der Waals surface area contributed by atoms with Gasteiger partial charge in [0, 0.05) is 16.5 Å². The van der Waals surface area contributed by atoms with Crippen LogP contribution in [0.15, 0.2) is 264 Å². The summed E-state index contributed by atoms with van der Waals surface area (Å²) in [5.74, 6) is 0. The molecule has 1 aliphatic carbocycles. The van der Waals surface area contributed by atoms with E-state index in [1.165, 1.54) is 10.1 Å². The Labute approximate surface area is 451 Å². The summed E-state index contributed by atoms with van der Waals surface area (Å²) in [7, 11) is 0. The van der Waals surface area contributed by atoms with Crippen molar-refractivity contribution < 1.29 is 0 Å². The van der Waals surface area contributed by atoms with Crippen LogP contribution in [-0.2, 0) is 10.8 Å². The van der Waals surface area contributed by atoms with E-state index in [0.29, 0.717) is 21.8 Å². The van der Waals surface area contributed by atoms with E-state index in [9.17, 15) is 0 Å². The fourth-order valence-corrected chi connectivity index (χ4v) is 13.2. The molecule has 0 saturated carbocycles. The molecule has 0 N–H and O–H groups in total. The van der Waals surface area contributed by atoms with Crippen molar-refractivity contribution in [2.75, 3.05) is 0 Å². The van der Waals surface area contributed by atoms with Crippen LogP contribution in [0.25, 0.3) is 105 Å². The van der Waals surface area contributed by atoms with Gasteiger partial charge in [-0.15, -0.1) is 0 Å². The zero-order chi connectivity index (χ0) is 52.4. The van der Waals surface area contributed by atoms with Crippen LogP contribution in [-0.4, -0.2) is 13.6 Å². The summed E-state index contributed by atoms with van der Waals surface area (Å²) in [5.41, 5.74) is 17.9. The van der Waals surface area contributed by atoms with Crippen molar-refractivity contribution in [1.29, 1.82) is 0 Å². The second-order valence-electron chi connectivity index (χ2n) is 21.9. The lowest BCUT2D eigenvalue weighted by molar-refractivity contribution is 0.588. The van der Waals surface area contributed by atoms with Crippen molar-refractivity contribution in [2.45, 2.75) is 31.6 Å². The molecule has 0 saturated heterocycles. The lowest BCUT2D eigenvalue weighted by Crippen LogP contribution is -2.31. The lowest BCUT2D eigenvalue weighted by Gasteiger charge is -2.35. The van der Waals surface area contributed by atoms with Crippen molar-refractivity contribution in [1.82, 2.24) is 13.6 Å². The Morgan fingerprint density at radius 1 is 0.372 bits per heavy atom. The molecule has 0 radical (unpaired) electrons. The molecule has 0 fully saturated rings. The Bertz CT molecular complexity index is 4780. The maximum Gasteiger partial charge on any atom is 0.284 e. The summed E-state index contributed by atoms with van der Waals surface area (Å²) in [6.07, 6.45) is 0. The number of hydrogen-bond acceptors (Lipinski definition) is 2. The Morgan fingerprint density at radius 3 is 1.45 bits per heavy atom. The molecule has 15 rings (SSSR count). The molecule has 370 valence electrons. The Balaban J connectivity index is 1.14. The number of nitrogens with zero attached hydrogens (tertiary/aromatic N) is 3. The van der Waals surface area contributed by atoms with Gasteiger partial charge in [0.25, 0.3) is 11.1 Å². The quantitative estimate of drug-likeness (QED) is 0.160. The molecule has 0 aliphatic heterocycles. The Morgan fingerprint density at radius 2 is 0.859 bits per heavy atom. The van der Waals surface area contributed by atoms with Crippen LogP contribution in [0, 0.1) is 0 Å². The molecule has 14 aromatic rings. The van der Waals surface area contributed by atoms with E-state index in [0.717, 1.165) is 105 Å². The molecular formula is C73H51N3O2. The highest BCUT2D eigenvalue weighted by atomic mass is 16.2. The van der Waals surface area contributed by atoms with Crippen molar-refractivity contribution in [3.8, 4) is 61.3 Å². The highest BCUT2D eigenvalue weighted by Gasteiger charge is 2.50. The van der Waals surface area contributed by atoms with Gasteiger partial charge >= 0.3 is 0 Å². The minimum Gasteiger partial charge on any atom is -0.308 e. The minimum absolute atomic E-state index is 0.175. The molecule has 3 aromatic heterocycles. The van der Waals surface area contributed by atoms with Crippen LogP contribution < -0.4 is 11.1 Å². The van der Waals surface area contributed by atoms with Gasteiger partial charge in [-0.25, -0.2) is 4.52 Å². The number of aromatic nitrogens is 3. The van der Waals surface area contributed by atoms with Gasteiger partial charge in [-0.3, -0.25) is 9.59 Å². The van der Waals surface area contributed by atoms with Crippen molar-refractivity contribution >= 4 is 43.6 Å². The van der Waals surface area contributed by atoms with E-state index in [1.807, 2.05) is 40.9 Å². The summed E-state index contributed by atoms with van der Waals surface area (Å²) >= 11 is 0. The van der Waals surface area contributed by atoms with Crippen LogP contribution >= 0.6 is 0 Å². The predicted molar refractivity (Wildman–Crippen MR) is 322 cm³/mol. The molecule has 11 aromatic carbocycles. The molecule has 0 amide bonds. The normalized spacial score (nSPS) is 13.0. The van der Waals surface area contributed by atoms with Crippen molar-refractivity contribution in [3.63, 3.8) is 0 Å². The maximum absolute atomic E-state index is 16.5. The first-order valence-corrected chi connectivity index (χ1v) is 26.8. The van der Waals surface area contributed by atoms with Crippen LogP contribution in [0.5, 0.6) is 0 Å². The number of hydrogen-bond donors (Lipinski definition) is 0. The molecule has 0 unspecified atom stereocenters. The van der Waals surface area contributed by atoms with E-state index >= 15 is 9.59 Å². The third-order valence-electron chi connectivity index (χ3n) is 16.6. The average Bonchev–Trinajstić information content (AvgIpc) is 2.57. The average molecular weight is 1000 g/mol. The fraction of sp³-hybridized carbons (Fsp3) is 0.0685. The zero-order valence-corrected chi connectivity index (χ0v) is 43.4. The topological polar surface area (TPSA) is 47.9 Å². The van der Waals surface area contributed by atoms with Crippen molar-refractivity contribution in [3.05, 3.63) is 303 Å². The van der Waals surface area contributed by atoms with Gasteiger partial charge in [0.2, 0.25) is 0 Å². The number of rotatable bonds is 7. The highest BCUT2D eigenvalue weighted by molar-refractivity contribution is 6.24. The number of para-hydroxylation sites is 1.